The molecule has 0 aromatic carbocycles. The molecule has 1 aromatic rings. The summed E-state index contributed by atoms with van der Waals surface area (Å²) >= 11 is 0. The van der Waals surface area contributed by atoms with E-state index in [-0.39, 0.29) is 6.09 Å². The number of anilines is 1. The van der Waals surface area contributed by atoms with Gasteiger partial charge in [-0.1, -0.05) is 12.2 Å². The molecule has 3 aliphatic heterocycles. The number of aromatic nitrogens is 1. The summed E-state index contributed by atoms with van der Waals surface area (Å²) in [5, 5.41) is 0. The van der Waals surface area contributed by atoms with Crippen LogP contribution in [0.3, 0.4) is 0 Å². The van der Waals surface area contributed by atoms with E-state index in [1.165, 1.54) is 5.70 Å². The van der Waals surface area contributed by atoms with Gasteiger partial charge in [-0.15, -0.1) is 0 Å². The van der Waals surface area contributed by atoms with Gasteiger partial charge in [-0.05, 0) is 52.5 Å². The van der Waals surface area contributed by atoms with Crippen molar-refractivity contribution in [3.8, 4) is 0 Å². The topological polar surface area (TPSA) is 60.9 Å². The maximum absolute atomic E-state index is 12.6. The smallest absolute Gasteiger partial charge is 0.410 e. The molecule has 144 valence electrons. The van der Waals surface area contributed by atoms with Crippen molar-refractivity contribution in [3.63, 3.8) is 0 Å². The number of ether oxygens (including phenoxy) is 1. The van der Waals surface area contributed by atoms with Gasteiger partial charge in [0.2, 0.25) is 0 Å². The third kappa shape index (κ3) is 3.66. The molecule has 6 nitrogen and oxygen atoms in total. The third-order valence-electron chi connectivity index (χ3n) is 5.15. The Morgan fingerprint density at radius 3 is 2.93 bits per heavy atom. The second-order valence-electron chi connectivity index (χ2n) is 8.41. The zero-order valence-electron chi connectivity index (χ0n) is 16.4. The molecule has 1 saturated heterocycles. The monoisotopic (exact) mass is 368 g/mol. The van der Waals surface area contributed by atoms with Gasteiger partial charge in [0.15, 0.2) is 5.82 Å². The van der Waals surface area contributed by atoms with Crippen molar-refractivity contribution in [1.82, 2.24) is 9.88 Å². The van der Waals surface area contributed by atoms with Crippen molar-refractivity contribution in [2.75, 3.05) is 18.0 Å². The lowest BCUT2D eigenvalue weighted by atomic mass is 9.92. The van der Waals surface area contributed by atoms with E-state index in [1.54, 1.807) is 0 Å². The van der Waals surface area contributed by atoms with Crippen LogP contribution >= 0.6 is 0 Å². The number of carbonyl (C=O) groups is 1. The minimum Gasteiger partial charge on any atom is -0.444 e. The Bertz CT molecular complexity index is 812. The molecule has 0 saturated carbocycles. The predicted octanol–water partition coefficient (Wildman–Crippen LogP) is 4.75. The van der Waals surface area contributed by atoms with E-state index in [1.807, 2.05) is 38.1 Å². The van der Waals surface area contributed by atoms with E-state index in [0.29, 0.717) is 12.5 Å². The summed E-state index contributed by atoms with van der Waals surface area (Å²) in [4.78, 5) is 24.5. The standard InChI is InChI=1S/C21H28N4O2/c1-21(2,3)27-20(26)24-12-6-7-15(14-24)17-9-5-4-8-16-13-23-19-18(25(16)17)10-11-22-19/h8-11,13,15,22H,4-7,12,14H2,1-3H3/t15-/m1/s1. The van der Waals surface area contributed by atoms with Gasteiger partial charge in [0.05, 0.1) is 17.6 Å². The Morgan fingerprint density at radius 1 is 1.30 bits per heavy atom. The number of H-pyrrole nitrogens is 1. The molecular formula is C21H28N4O2. The lowest BCUT2D eigenvalue weighted by molar-refractivity contribution is 0.0181. The minimum atomic E-state index is -0.467. The summed E-state index contributed by atoms with van der Waals surface area (Å²) in [5.74, 6) is 1.18. The molecular weight excluding hydrogens is 340 g/mol. The highest BCUT2D eigenvalue weighted by Gasteiger charge is 2.34. The number of carbonyl (C=O) groups excluding carboxylic acids is 1. The Kier molecular flexibility index (Phi) is 4.58. The number of aromatic amines is 1. The zero-order valence-corrected chi connectivity index (χ0v) is 16.4. The van der Waals surface area contributed by atoms with Crippen molar-refractivity contribution in [1.29, 1.82) is 0 Å². The van der Waals surface area contributed by atoms with Crippen LogP contribution in [0.4, 0.5) is 16.3 Å². The Balaban J connectivity index is 1.58. The molecule has 0 aliphatic carbocycles. The molecule has 1 atom stereocenters. The molecule has 0 radical (unpaired) electrons. The fourth-order valence-corrected chi connectivity index (χ4v) is 4.01. The number of aliphatic imine (C=N–C) groups is 1. The van der Waals surface area contributed by atoms with E-state index < -0.39 is 5.60 Å². The molecule has 6 heteroatoms. The molecule has 0 spiro atoms. The number of nitrogens with one attached hydrogen (secondary N) is 1. The largest absolute Gasteiger partial charge is 0.444 e. The molecule has 4 rings (SSSR count). The van der Waals surface area contributed by atoms with Crippen LogP contribution in [0.2, 0.25) is 0 Å². The van der Waals surface area contributed by atoms with Gasteiger partial charge in [-0.25, -0.2) is 9.79 Å². The number of nitrogens with zero attached hydrogens (tertiary/aromatic N) is 3. The van der Waals surface area contributed by atoms with Gasteiger partial charge in [0.1, 0.15) is 5.60 Å². The highest BCUT2D eigenvalue weighted by Crippen LogP contribution is 2.41. The number of hydrogen-bond acceptors (Lipinski definition) is 4. The summed E-state index contributed by atoms with van der Waals surface area (Å²) in [6.07, 6.45) is 12.3. The van der Waals surface area contributed by atoms with Gasteiger partial charge >= 0.3 is 6.09 Å². The third-order valence-corrected chi connectivity index (χ3v) is 5.15. The molecule has 3 aliphatic rings. The lowest BCUT2D eigenvalue weighted by Gasteiger charge is -2.39. The first kappa shape index (κ1) is 17.9. The van der Waals surface area contributed by atoms with E-state index in [2.05, 4.69) is 33.1 Å². The summed E-state index contributed by atoms with van der Waals surface area (Å²) < 4.78 is 5.60. The second-order valence-corrected chi connectivity index (χ2v) is 8.41. The predicted molar refractivity (Wildman–Crippen MR) is 107 cm³/mol. The van der Waals surface area contributed by atoms with Crippen molar-refractivity contribution < 1.29 is 9.53 Å². The van der Waals surface area contributed by atoms with Gasteiger partial charge in [-0.2, -0.15) is 0 Å². The number of piperidine rings is 1. The Hall–Kier alpha value is -2.50. The lowest BCUT2D eigenvalue weighted by Crippen LogP contribution is -2.45. The molecule has 1 aromatic heterocycles. The fraction of sp³-hybridized carbons (Fsp3) is 0.524. The van der Waals surface area contributed by atoms with Crippen LogP contribution in [0.15, 0.2) is 40.8 Å². The first-order valence-corrected chi connectivity index (χ1v) is 9.82. The van der Waals surface area contributed by atoms with Gasteiger partial charge in [0.25, 0.3) is 0 Å². The number of rotatable bonds is 1. The molecule has 4 heterocycles. The Labute approximate surface area is 160 Å². The van der Waals surface area contributed by atoms with Crippen LogP contribution in [-0.4, -0.2) is 40.9 Å². The number of allylic oxidation sites excluding steroid dienone is 3. The van der Waals surface area contributed by atoms with Crippen molar-refractivity contribution in [3.05, 3.63) is 35.8 Å². The highest BCUT2D eigenvalue weighted by molar-refractivity contribution is 5.94. The van der Waals surface area contributed by atoms with Crippen molar-refractivity contribution >= 4 is 23.8 Å². The zero-order chi connectivity index (χ0) is 19.0. The van der Waals surface area contributed by atoms with E-state index >= 15 is 0 Å². The van der Waals surface area contributed by atoms with E-state index in [4.69, 9.17) is 4.74 Å². The van der Waals surface area contributed by atoms with Crippen LogP contribution in [0, 0.1) is 5.92 Å². The van der Waals surface area contributed by atoms with Crippen LogP contribution < -0.4 is 4.90 Å². The van der Waals surface area contributed by atoms with Crippen LogP contribution in [0.25, 0.3) is 0 Å². The quantitative estimate of drug-likeness (QED) is 0.778. The van der Waals surface area contributed by atoms with Gasteiger partial charge in [-0.3, -0.25) is 0 Å². The summed E-state index contributed by atoms with van der Waals surface area (Å²) in [6.45, 7) is 7.20. The van der Waals surface area contributed by atoms with Crippen molar-refractivity contribution in [2.24, 2.45) is 10.9 Å². The second kappa shape index (κ2) is 6.91. The molecule has 0 unspecified atom stereocenters. The fourth-order valence-electron chi connectivity index (χ4n) is 4.01. The number of hydrogen-bond donors (Lipinski definition) is 1. The molecule has 1 N–H and O–H groups in total. The molecule has 1 amide bonds. The first-order valence-electron chi connectivity index (χ1n) is 9.82. The van der Waals surface area contributed by atoms with Gasteiger partial charge in [0, 0.05) is 30.9 Å². The average molecular weight is 368 g/mol. The van der Waals surface area contributed by atoms with Crippen LogP contribution in [0.5, 0.6) is 0 Å². The molecule has 0 bridgehead atoms. The maximum atomic E-state index is 12.6. The SMILES string of the molecule is CC(C)(C)OC(=O)N1CCC[C@@H](C2=CCCC=C3C=Nc4[nH]ccc4N32)C1. The molecule has 1 fully saturated rings. The summed E-state index contributed by atoms with van der Waals surface area (Å²) in [5.41, 5.74) is 3.02. The first-order chi connectivity index (χ1) is 12.9. The van der Waals surface area contributed by atoms with E-state index in [0.717, 1.165) is 49.4 Å². The number of likely N-dealkylation sites (tertiary alicyclic amines) is 1. The highest BCUT2D eigenvalue weighted by atomic mass is 16.6. The number of amides is 1. The minimum absolute atomic E-state index is 0.209. The van der Waals surface area contributed by atoms with Gasteiger partial charge < -0.3 is 19.5 Å². The summed E-state index contributed by atoms with van der Waals surface area (Å²) in [6, 6.07) is 2.08. The number of fused-ring (bicyclic) bond motifs is 3. The van der Waals surface area contributed by atoms with E-state index in [9.17, 15) is 4.79 Å². The maximum Gasteiger partial charge on any atom is 0.410 e. The van der Waals surface area contributed by atoms with Crippen LogP contribution in [0.1, 0.15) is 46.5 Å². The summed E-state index contributed by atoms with van der Waals surface area (Å²) in [7, 11) is 0. The normalized spacial score (nSPS) is 22.4. The molecule has 27 heavy (non-hydrogen) atoms. The Morgan fingerprint density at radius 2 is 2.11 bits per heavy atom. The average Bonchev–Trinajstić information content (AvgIpc) is 2.99. The van der Waals surface area contributed by atoms with Crippen molar-refractivity contribution in [2.45, 2.75) is 52.1 Å². The van der Waals surface area contributed by atoms with Crippen LogP contribution in [-0.2, 0) is 4.74 Å².